The zero-order valence-corrected chi connectivity index (χ0v) is 18.8. The Balaban J connectivity index is 1.62. The van der Waals surface area contributed by atoms with Crippen LogP contribution in [-0.2, 0) is 4.74 Å². The first kappa shape index (κ1) is 22.8. The Labute approximate surface area is 196 Å². The normalized spacial score (nSPS) is 26.2. The molecule has 0 saturated carbocycles. The summed E-state index contributed by atoms with van der Waals surface area (Å²) < 4.78 is 7.09. The van der Waals surface area contributed by atoms with E-state index in [2.05, 4.69) is 15.3 Å². The van der Waals surface area contributed by atoms with Crippen molar-refractivity contribution in [2.75, 3.05) is 6.61 Å². The van der Waals surface area contributed by atoms with Crippen LogP contribution in [0.25, 0.3) is 11.3 Å². The quantitative estimate of drug-likeness (QED) is 0.487. The van der Waals surface area contributed by atoms with Gasteiger partial charge in [0, 0.05) is 22.9 Å². The molecule has 1 saturated heterocycles. The lowest BCUT2D eigenvalue weighted by Crippen LogP contribution is -2.55. The average Bonchev–Trinajstić information content (AvgIpc) is 3.22. The van der Waals surface area contributed by atoms with E-state index in [1.807, 2.05) is 0 Å². The summed E-state index contributed by atoms with van der Waals surface area (Å²) in [4.78, 5) is 4.69. The molecule has 0 aliphatic carbocycles. The molecule has 31 heavy (non-hydrogen) atoms. The third kappa shape index (κ3) is 4.84. The smallest absolute Gasteiger partial charge is 0.136 e. The molecule has 5 atom stereocenters. The molecule has 3 N–H and O–H groups in total. The molecular weight excluding hydrogens is 487 g/mol. The maximum atomic E-state index is 11.0. The van der Waals surface area contributed by atoms with E-state index in [0.29, 0.717) is 31.2 Å². The van der Waals surface area contributed by atoms with Crippen molar-refractivity contribution in [1.29, 1.82) is 0 Å². The zero-order valence-electron chi connectivity index (χ0n) is 15.7. The van der Waals surface area contributed by atoms with E-state index in [1.165, 1.54) is 22.6 Å². The summed E-state index contributed by atoms with van der Waals surface area (Å²) in [6, 6.07) is 5.79. The molecule has 0 amide bonds. The topological polar surface area (TPSA) is 114 Å². The highest BCUT2D eigenvalue weighted by Gasteiger charge is 2.46. The van der Waals surface area contributed by atoms with Crippen molar-refractivity contribution >= 4 is 46.6 Å². The number of rotatable bonds is 5. The second kappa shape index (κ2) is 9.60. The van der Waals surface area contributed by atoms with Crippen LogP contribution in [0.2, 0.25) is 15.1 Å². The molecule has 4 rings (SSSR count). The van der Waals surface area contributed by atoms with Gasteiger partial charge in [-0.1, -0.05) is 57.8 Å². The van der Waals surface area contributed by atoms with Gasteiger partial charge in [0.25, 0.3) is 0 Å². The highest BCUT2D eigenvalue weighted by molar-refractivity contribution is 7.99. The Morgan fingerprint density at radius 3 is 2.58 bits per heavy atom. The first-order chi connectivity index (χ1) is 14.9. The maximum Gasteiger partial charge on any atom is 0.136 e. The van der Waals surface area contributed by atoms with Crippen LogP contribution in [0, 0.1) is 0 Å². The molecule has 1 aromatic carbocycles. The highest BCUT2D eigenvalue weighted by Crippen LogP contribution is 2.38. The molecule has 12 heteroatoms. The Kier molecular flexibility index (Phi) is 7.04. The van der Waals surface area contributed by atoms with Crippen molar-refractivity contribution in [2.24, 2.45) is 0 Å². The summed E-state index contributed by atoms with van der Waals surface area (Å²) in [5.41, 5.74) is 0.336. The second-order valence-electron chi connectivity index (χ2n) is 6.87. The van der Waals surface area contributed by atoms with Crippen LogP contribution < -0.4 is 0 Å². The van der Waals surface area contributed by atoms with Gasteiger partial charge in [-0.25, -0.2) is 4.68 Å². The van der Waals surface area contributed by atoms with Crippen LogP contribution in [0.5, 0.6) is 0 Å². The number of hydrogen-bond acceptors (Lipinski definition) is 8. The number of aliphatic hydroxyl groups is 3. The van der Waals surface area contributed by atoms with E-state index < -0.39 is 36.4 Å². The molecule has 2 aromatic heterocycles. The lowest BCUT2D eigenvalue weighted by atomic mass is 9.97. The Hall–Kier alpha value is -1.43. The number of benzene rings is 1. The molecule has 3 unspecified atom stereocenters. The van der Waals surface area contributed by atoms with Gasteiger partial charge in [-0.2, -0.15) is 0 Å². The van der Waals surface area contributed by atoms with Crippen molar-refractivity contribution in [2.45, 2.75) is 34.7 Å². The summed E-state index contributed by atoms with van der Waals surface area (Å²) in [5, 5.41) is 40.8. The van der Waals surface area contributed by atoms with Gasteiger partial charge in [0.15, 0.2) is 0 Å². The summed E-state index contributed by atoms with van der Waals surface area (Å²) in [5.74, 6) is 0. The molecule has 0 radical (unpaired) electrons. The number of hydrogen-bond donors (Lipinski definition) is 3. The van der Waals surface area contributed by atoms with E-state index in [1.54, 1.807) is 36.7 Å². The third-order valence-electron chi connectivity index (χ3n) is 4.81. The van der Waals surface area contributed by atoms with Crippen LogP contribution in [0.15, 0.2) is 47.8 Å². The fraction of sp³-hybridized carbons (Fsp3) is 0.316. The number of nitrogens with zero attached hydrogens (tertiary/aromatic N) is 4. The fourth-order valence-electron chi connectivity index (χ4n) is 3.28. The number of ether oxygens (including phenoxy) is 1. The van der Waals surface area contributed by atoms with Crippen LogP contribution in [0.1, 0.15) is 6.04 Å². The largest absolute Gasteiger partial charge is 0.394 e. The minimum atomic E-state index is -1.22. The van der Waals surface area contributed by atoms with Crippen LogP contribution in [0.4, 0.5) is 0 Å². The SMILES string of the molecule is OCC1O[C@H](Sc2cncc(Cl)c2)C(O)C(n2cc(-c3ccc(Cl)c(Cl)c3)nn2)[C@H]1O. The predicted molar refractivity (Wildman–Crippen MR) is 117 cm³/mol. The summed E-state index contributed by atoms with van der Waals surface area (Å²) in [7, 11) is 0. The maximum absolute atomic E-state index is 11.0. The third-order valence-corrected chi connectivity index (χ3v) is 6.88. The minimum absolute atomic E-state index is 0.367. The van der Waals surface area contributed by atoms with E-state index >= 15 is 0 Å². The van der Waals surface area contributed by atoms with Gasteiger partial charge in [-0.05, 0) is 18.2 Å². The average molecular weight is 504 g/mol. The van der Waals surface area contributed by atoms with Gasteiger partial charge in [0.2, 0.25) is 0 Å². The molecule has 164 valence electrons. The van der Waals surface area contributed by atoms with Crippen LogP contribution in [-0.4, -0.2) is 65.7 Å². The number of halogens is 3. The molecule has 1 fully saturated rings. The van der Waals surface area contributed by atoms with E-state index in [4.69, 9.17) is 39.5 Å². The molecule has 8 nitrogen and oxygen atoms in total. The van der Waals surface area contributed by atoms with Gasteiger partial charge in [-0.3, -0.25) is 4.98 Å². The first-order valence-electron chi connectivity index (χ1n) is 9.14. The number of aliphatic hydroxyl groups excluding tert-OH is 3. The van der Waals surface area contributed by atoms with E-state index in [9.17, 15) is 15.3 Å². The molecule has 3 aromatic rings. The molecule has 1 aliphatic heterocycles. The van der Waals surface area contributed by atoms with Crippen LogP contribution in [0.3, 0.4) is 0 Å². The standard InChI is InChI=1S/C19H17Cl3N4O4S/c20-10-4-11(6-23-5-10)31-19-18(29)16(17(28)15(8-27)30-19)26-7-14(24-25-26)9-1-2-12(21)13(22)3-9/h1-7,15-19,27-29H,8H2/t15?,16?,17-,18?,19+/m0/s1. The van der Waals surface area contributed by atoms with Gasteiger partial charge in [0.1, 0.15) is 35.5 Å². The van der Waals surface area contributed by atoms with Crippen LogP contribution >= 0.6 is 46.6 Å². The Bertz CT molecular complexity index is 1070. The Morgan fingerprint density at radius 1 is 1.06 bits per heavy atom. The van der Waals surface area contributed by atoms with Crippen molar-refractivity contribution in [3.8, 4) is 11.3 Å². The van der Waals surface area contributed by atoms with E-state index in [-0.39, 0.29) is 0 Å². The first-order valence-corrected chi connectivity index (χ1v) is 11.2. The van der Waals surface area contributed by atoms with Crippen molar-refractivity contribution in [1.82, 2.24) is 20.0 Å². The second-order valence-corrected chi connectivity index (χ2v) is 9.29. The molecular formula is C19H17Cl3N4O4S. The molecule has 3 heterocycles. The number of aromatic nitrogens is 4. The lowest BCUT2D eigenvalue weighted by molar-refractivity contribution is -0.178. The zero-order chi connectivity index (χ0) is 22.1. The lowest BCUT2D eigenvalue weighted by Gasteiger charge is -2.41. The number of thioether (sulfide) groups is 1. The van der Waals surface area contributed by atoms with Gasteiger partial charge >= 0.3 is 0 Å². The van der Waals surface area contributed by atoms with Crippen molar-refractivity contribution < 1.29 is 20.1 Å². The van der Waals surface area contributed by atoms with Crippen molar-refractivity contribution in [3.63, 3.8) is 0 Å². The van der Waals surface area contributed by atoms with Gasteiger partial charge in [0.05, 0.1) is 27.9 Å². The van der Waals surface area contributed by atoms with Crippen molar-refractivity contribution in [3.05, 3.63) is 57.9 Å². The monoisotopic (exact) mass is 502 g/mol. The number of pyridine rings is 1. The predicted octanol–water partition coefficient (Wildman–Crippen LogP) is 3.07. The minimum Gasteiger partial charge on any atom is -0.394 e. The van der Waals surface area contributed by atoms with Gasteiger partial charge < -0.3 is 20.1 Å². The molecule has 1 aliphatic rings. The summed E-state index contributed by atoms with van der Waals surface area (Å²) in [6.45, 7) is -0.441. The summed E-state index contributed by atoms with van der Waals surface area (Å²) in [6.07, 6.45) is 1.32. The fourth-order valence-corrected chi connectivity index (χ4v) is 4.90. The van der Waals surface area contributed by atoms with E-state index in [0.717, 1.165) is 0 Å². The van der Waals surface area contributed by atoms with Gasteiger partial charge in [-0.15, -0.1) is 5.10 Å². The highest BCUT2D eigenvalue weighted by atomic mass is 35.5. The molecule has 0 bridgehead atoms. The Morgan fingerprint density at radius 2 is 1.87 bits per heavy atom. The summed E-state index contributed by atoms with van der Waals surface area (Å²) >= 11 is 19.2. The molecule has 0 spiro atoms.